The number of rotatable bonds is 5. The fraction of sp³-hybridized carbons (Fsp3) is 0.263. The van der Waals surface area contributed by atoms with Gasteiger partial charge in [0.2, 0.25) is 0 Å². The minimum Gasteiger partial charge on any atom is -0.496 e. The summed E-state index contributed by atoms with van der Waals surface area (Å²) < 4.78 is 15.7. The van der Waals surface area contributed by atoms with Crippen LogP contribution in [-0.2, 0) is 9.53 Å². The third-order valence-corrected chi connectivity index (χ3v) is 4.08. The number of morpholine rings is 1. The predicted octanol–water partition coefficient (Wildman–Crippen LogP) is 2.32. The van der Waals surface area contributed by atoms with Gasteiger partial charge >= 0.3 is 0 Å². The Morgan fingerprint density at radius 3 is 2.31 bits per heavy atom. The molecule has 1 aliphatic heterocycles. The van der Waals surface area contributed by atoms with Gasteiger partial charge < -0.3 is 24.4 Å². The topological polar surface area (TPSA) is 77.1 Å². The molecule has 0 spiro atoms. The van der Waals surface area contributed by atoms with E-state index in [1.807, 2.05) is 0 Å². The van der Waals surface area contributed by atoms with Crippen LogP contribution in [0, 0.1) is 0 Å². The number of carbonyl (C=O) groups excluding carboxylic acids is 2. The van der Waals surface area contributed by atoms with E-state index in [4.69, 9.17) is 14.2 Å². The number of ether oxygens (including phenoxy) is 3. The molecule has 0 bridgehead atoms. The van der Waals surface area contributed by atoms with Crippen LogP contribution in [-0.4, -0.2) is 45.8 Å². The van der Waals surface area contributed by atoms with Crippen LogP contribution in [0.5, 0.6) is 11.5 Å². The van der Waals surface area contributed by atoms with Crippen LogP contribution in [0.4, 0.5) is 11.4 Å². The van der Waals surface area contributed by atoms with Crippen LogP contribution in [0.1, 0.15) is 10.4 Å². The van der Waals surface area contributed by atoms with Crippen LogP contribution >= 0.6 is 0 Å². The van der Waals surface area contributed by atoms with Gasteiger partial charge in [-0.15, -0.1) is 0 Å². The second-order valence-electron chi connectivity index (χ2n) is 5.64. The number of anilines is 2. The highest BCUT2D eigenvalue weighted by Crippen LogP contribution is 2.29. The Morgan fingerprint density at radius 2 is 1.73 bits per heavy atom. The molecule has 0 saturated carbocycles. The lowest BCUT2D eigenvalue weighted by atomic mass is 10.1. The first kappa shape index (κ1) is 17.8. The molecule has 26 heavy (non-hydrogen) atoms. The standard InChI is InChI=1S/C19H20N2O5/c1-24-15-4-3-5-16(25-2)18(15)19(23)20-13-6-8-14(9-7-13)21-10-11-26-12-17(21)22/h3-9H,10-12H2,1-2H3,(H,20,23). The number of nitrogens with zero attached hydrogens (tertiary/aromatic N) is 1. The average molecular weight is 356 g/mol. The second kappa shape index (κ2) is 7.88. The lowest BCUT2D eigenvalue weighted by molar-refractivity contribution is -0.125. The lowest BCUT2D eigenvalue weighted by Gasteiger charge is -2.26. The molecule has 1 N–H and O–H groups in total. The minimum absolute atomic E-state index is 0.0770. The SMILES string of the molecule is COc1cccc(OC)c1C(=O)Nc1ccc(N2CCOCC2=O)cc1. The Morgan fingerprint density at radius 1 is 1.08 bits per heavy atom. The Balaban J connectivity index is 1.77. The van der Waals surface area contributed by atoms with Gasteiger partial charge in [0.05, 0.1) is 20.8 Å². The zero-order valence-electron chi connectivity index (χ0n) is 14.7. The van der Waals surface area contributed by atoms with E-state index in [0.717, 1.165) is 5.69 Å². The first-order valence-corrected chi connectivity index (χ1v) is 8.14. The van der Waals surface area contributed by atoms with Crippen molar-refractivity contribution in [1.82, 2.24) is 0 Å². The number of carbonyl (C=O) groups is 2. The molecule has 136 valence electrons. The summed E-state index contributed by atoms with van der Waals surface area (Å²) in [5.74, 6) is 0.441. The van der Waals surface area contributed by atoms with Gasteiger partial charge in [0.25, 0.3) is 11.8 Å². The van der Waals surface area contributed by atoms with Crippen molar-refractivity contribution in [1.29, 1.82) is 0 Å². The van der Waals surface area contributed by atoms with E-state index in [1.165, 1.54) is 14.2 Å². The van der Waals surface area contributed by atoms with Gasteiger partial charge in [0, 0.05) is 17.9 Å². The van der Waals surface area contributed by atoms with Crippen molar-refractivity contribution in [3.8, 4) is 11.5 Å². The average Bonchev–Trinajstić information content (AvgIpc) is 2.68. The summed E-state index contributed by atoms with van der Waals surface area (Å²) in [6.45, 7) is 1.12. The summed E-state index contributed by atoms with van der Waals surface area (Å²) in [5.41, 5.74) is 1.70. The van der Waals surface area contributed by atoms with Crippen molar-refractivity contribution in [2.75, 3.05) is 44.2 Å². The van der Waals surface area contributed by atoms with Crippen molar-refractivity contribution in [3.63, 3.8) is 0 Å². The van der Waals surface area contributed by atoms with Crippen LogP contribution in [0.25, 0.3) is 0 Å². The number of hydrogen-bond donors (Lipinski definition) is 1. The Bertz CT molecular complexity index is 782. The van der Waals surface area contributed by atoms with Crippen LogP contribution in [0.3, 0.4) is 0 Å². The number of nitrogens with one attached hydrogen (secondary N) is 1. The van der Waals surface area contributed by atoms with E-state index in [1.54, 1.807) is 47.4 Å². The molecule has 2 aromatic rings. The molecule has 0 unspecified atom stereocenters. The zero-order chi connectivity index (χ0) is 18.5. The van der Waals surface area contributed by atoms with Crippen molar-refractivity contribution in [3.05, 3.63) is 48.0 Å². The van der Waals surface area contributed by atoms with Crippen molar-refractivity contribution in [2.45, 2.75) is 0 Å². The molecular weight excluding hydrogens is 336 g/mol. The first-order chi connectivity index (χ1) is 12.6. The highest BCUT2D eigenvalue weighted by Gasteiger charge is 2.21. The largest absolute Gasteiger partial charge is 0.496 e. The van der Waals surface area contributed by atoms with E-state index in [-0.39, 0.29) is 18.4 Å². The quantitative estimate of drug-likeness (QED) is 0.890. The third kappa shape index (κ3) is 3.62. The van der Waals surface area contributed by atoms with Crippen molar-refractivity contribution in [2.24, 2.45) is 0 Å². The lowest BCUT2D eigenvalue weighted by Crippen LogP contribution is -2.41. The first-order valence-electron chi connectivity index (χ1n) is 8.14. The Kier molecular flexibility index (Phi) is 5.38. The van der Waals surface area contributed by atoms with E-state index in [9.17, 15) is 9.59 Å². The molecule has 2 aromatic carbocycles. The zero-order valence-corrected chi connectivity index (χ0v) is 14.7. The van der Waals surface area contributed by atoms with Crippen molar-refractivity contribution < 1.29 is 23.8 Å². The number of amides is 2. The minimum atomic E-state index is -0.338. The maximum atomic E-state index is 12.7. The maximum absolute atomic E-state index is 12.7. The summed E-state index contributed by atoms with van der Waals surface area (Å²) in [6.07, 6.45) is 0. The van der Waals surface area contributed by atoms with Gasteiger partial charge in [-0.1, -0.05) is 6.07 Å². The Labute approximate surface area is 151 Å². The van der Waals surface area contributed by atoms with E-state index in [2.05, 4.69) is 5.32 Å². The van der Waals surface area contributed by atoms with Crippen molar-refractivity contribution >= 4 is 23.2 Å². The maximum Gasteiger partial charge on any atom is 0.263 e. The van der Waals surface area contributed by atoms with E-state index < -0.39 is 0 Å². The highest BCUT2D eigenvalue weighted by molar-refractivity contribution is 6.08. The highest BCUT2D eigenvalue weighted by atomic mass is 16.5. The summed E-state index contributed by atoms with van der Waals surface area (Å²) in [7, 11) is 3.00. The van der Waals surface area contributed by atoms with Gasteiger partial charge in [0.1, 0.15) is 23.7 Å². The molecule has 1 heterocycles. The van der Waals surface area contributed by atoms with Gasteiger partial charge in [-0.3, -0.25) is 9.59 Å². The van der Waals surface area contributed by atoms with E-state index in [0.29, 0.717) is 35.9 Å². The number of methoxy groups -OCH3 is 2. The molecule has 1 saturated heterocycles. The normalized spacial score (nSPS) is 14.1. The molecule has 0 atom stereocenters. The smallest absolute Gasteiger partial charge is 0.263 e. The summed E-state index contributed by atoms with van der Waals surface area (Å²) >= 11 is 0. The van der Waals surface area contributed by atoms with E-state index >= 15 is 0 Å². The van der Waals surface area contributed by atoms with Crippen LogP contribution in [0.2, 0.25) is 0 Å². The van der Waals surface area contributed by atoms with Crippen LogP contribution < -0.4 is 19.7 Å². The molecule has 7 nitrogen and oxygen atoms in total. The fourth-order valence-electron chi connectivity index (χ4n) is 2.78. The molecule has 0 aliphatic carbocycles. The third-order valence-electron chi connectivity index (χ3n) is 4.08. The molecule has 0 aromatic heterocycles. The monoisotopic (exact) mass is 356 g/mol. The van der Waals surface area contributed by atoms with Crippen LogP contribution in [0.15, 0.2) is 42.5 Å². The predicted molar refractivity (Wildman–Crippen MR) is 97.1 cm³/mol. The summed E-state index contributed by atoms with van der Waals surface area (Å²) in [6, 6.07) is 12.2. The number of benzene rings is 2. The summed E-state index contributed by atoms with van der Waals surface area (Å²) in [5, 5.41) is 2.82. The van der Waals surface area contributed by atoms with Gasteiger partial charge in [-0.2, -0.15) is 0 Å². The summed E-state index contributed by atoms with van der Waals surface area (Å²) in [4.78, 5) is 26.2. The molecule has 3 rings (SSSR count). The second-order valence-corrected chi connectivity index (χ2v) is 5.64. The molecule has 1 fully saturated rings. The molecule has 7 heteroatoms. The van der Waals surface area contributed by atoms with Gasteiger partial charge in [0.15, 0.2) is 0 Å². The molecular formula is C19H20N2O5. The molecule has 2 amide bonds. The Hall–Kier alpha value is -3.06. The van der Waals surface area contributed by atoms with Gasteiger partial charge in [-0.25, -0.2) is 0 Å². The number of hydrogen-bond acceptors (Lipinski definition) is 5. The molecule has 1 aliphatic rings. The fourth-order valence-corrected chi connectivity index (χ4v) is 2.78. The van der Waals surface area contributed by atoms with Gasteiger partial charge in [-0.05, 0) is 36.4 Å². The molecule has 0 radical (unpaired) electrons.